The van der Waals surface area contributed by atoms with E-state index >= 15 is 0 Å². The number of aryl methyl sites for hydroxylation is 2. The Morgan fingerprint density at radius 2 is 1.73 bits per heavy atom. The van der Waals surface area contributed by atoms with E-state index < -0.39 is 0 Å². The van der Waals surface area contributed by atoms with Crippen LogP contribution in [0, 0.1) is 13.8 Å². The van der Waals surface area contributed by atoms with Crippen LogP contribution >= 0.6 is 0 Å². The summed E-state index contributed by atoms with van der Waals surface area (Å²) < 4.78 is 1.87. The number of pyridine rings is 1. The van der Waals surface area contributed by atoms with Crippen molar-refractivity contribution in [3.63, 3.8) is 0 Å². The summed E-state index contributed by atoms with van der Waals surface area (Å²) in [7, 11) is 0. The summed E-state index contributed by atoms with van der Waals surface area (Å²) in [5.74, 6) is 0.735. The van der Waals surface area contributed by atoms with Gasteiger partial charge in [0, 0.05) is 5.56 Å². The minimum absolute atomic E-state index is 0.0628. The lowest BCUT2D eigenvalue weighted by Crippen LogP contribution is -2.38. The van der Waals surface area contributed by atoms with E-state index in [9.17, 15) is 4.79 Å². The topological polar surface area (TPSA) is 79.7 Å². The van der Waals surface area contributed by atoms with Gasteiger partial charge in [-0.05, 0) is 94.1 Å². The van der Waals surface area contributed by atoms with E-state index in [0.29, 0.717) is 0 Å². The fourth-order valence-electron chi connectivity index (χ4n) is 4.60. The van der Waals surface area contributed by atoms with E-state index in [1.165, 1.54) is 18.4 Å². The van der Waals surface area contributed by atoms with Crippen molar-refractivity contribution in [3.8, 4) is 0 Å². The average Bonchev–Trinajstić information content (AvgIpc) is 3.00. The maximum Gasteiger partial charge on any atom is 0.253 e. The molecule has 160 valence electrons. The van der Waals surface area contributed by atoms with Gasteiger partial charge in [0.05, 0.1) is 11.1 Å². The zero-order valence-electron chi connectivity index (χ0n) is 18.7. The molecule has 0 amide bonds. The Labute approximate surface area is 177 Å². The zero-order chi connectivity index (χ0) is 21.5. The normalized spacial score (nSPS) is 17.2. The number of hydrogen-bond donors (Lipinski definition) is 1. The Bertz CT molecular complexity index is 1100. The highest BCUT2D eigenvalue weighted by atomic mass is 16.1. The highest BCUT2D eigenvalue weighted by Crippen LogP contribution is 2.31. The summed E-state index contributed by atoms with van der Waals surface area (Å²) in [6.45, 7) is 12.3. The molecule has 1 N–H and O–H groups in total. The monoisotopic (exact) mass is 408 g/mol. The van der Waals surface area contributed by atoms with Gasteiger partial charge in [0.25, 0.3) is 5.56 Å². The number of benzene rings is 1. The number of rotatable bonds is 3. The molecule has 1 saturated heterocycles. The number of tetrazole rings is 1. The molecule has 1 fully saturated rings. The van der Waals surface area contributed by atoms with Crippen LogP contribution in [-0.4, -0.2) is 43.2 Å². The van der Waals surface area contributed by atoms with Crippen molar-refractivity contribution in [2.45, 2.75) is 71.9 Å². The highest BCUT2D eigenvalue weighted by Gasteiger charge is 2.33. The van der Waals surface area contributed by atoms with E-state index in [0.717, 1.165) is 53.8 Å². The van der Waals surface area contributed by atoms with Gasteiger partial charge in [-0.15, -0.1) is 5.10 Å². The molecule has 30 heavy (non-hydrogen) atoms. The van der Waals surface area contributed by atoms with Gasteiger partial charge in [0.1, 0.15) is 6.04 Å². The molecule has 1 aliphatic heterocycles. The van der Waals surface area contributed by atoms with Crippen molar-refractivity contribution in [3.05, 3.63) is 51.1 Å². The van der Waals surface area contributed by atoms with Gasteiger partial charge >= 0.3 is 0 Å². The van der Waals surface area contributed by atoms with Crippen LogP contribution in [0.3, 0.4) is 0 Å². The van der Waals surface area contributed by atoms with E-state index in [1.54, 1.807) is 0 Å². The molecular weight excluding hydrogens is 376 g/mol. The summed E-state index contributed by atoms with van der Waals surface area (Å²) in [5.41, 5.74) is 3.55. The third kappa shape index (κ3) is 3.90. The van der Waals surface area contributed by atoms with E-state index in [1.807, 2.05) is 17.7 Å². The number of aromatic amines is 1. The fourth-order valence-corrected chi connectivity index (χ4v) is 4.60. The summed E-state index contributed by atoms with van der Waals surface area (Å²) in [6.07, 6.45) is 4.69. The highest BCUT2D eigenvalue weighted by molar-refractivity contribution is 5.83. The molecule has 2 aromatic heterocycles. The molecule has 0 saturated carbocycles. The van der Waals surface area contributed by atoms with Crippen LogP contribution < -0.4 is 5.56 Å². The number of fused-ring (bicyclic) bond motifs is 1. The first-order valence-corrected chi connectivity index (χ1v) is 10.9. The van der Waals surface area contributed by atoms with Crippen molar-refractivity contribution in [2.75, 3.05) is 13.1 Å². The third-order valence-corrected chi connectivity index (χ3v) is 6.00. The number of nitrogens with one attached hydrogen (secondary N) is 1. The number of aromatic nitrogens is 5. The van der Waals surface area contributed by atoms with Crippen LogP contribution in [0.2, 0.25) is 0 Å². The van der Waals surface area contributed by atoms with Gasteiger partial charge in [0.15, 0.2) is 5.82 Å². The Hall–Kier alpha value is -2.54. The SMILES string of the molecule is Cc1cc(C)c2[nH]c(=O)c([C@@H](c3nnnn3C(C)(C)C)N3CCCCCC3)cc2c1. The molecule has 7 heteroatoms. The minimum atomic E-state index is -0.278. The summed E-state index contributed by atoms with van der Waals surface area (Å²) in [6, 6.07) is 6.01. The van der Waals surface area contributed by atoms with Crippen molar-refractivity contribution in [2.24, 2.45) is 0 Å². The molecular formula is C23H32N6O. The van der Waals surface area contributed by atoms with Gasteiger partial charge in [-0.2, -0.15) is 0 Å². The van der Waals surface area contributed by atoms with Gasteiger partial charge in [-0.1, -0.05) is 24.5 Å². The molecule has 4 rings (SSSR count). The van der Waals surface area contributed by atoms with Gasteiger partial charge in [-0.3, -0.25) is 9.69 Å². The smallest absolute Gasteiger partial charge is 0.253 e. The van der Waals surface area contributed by atoms with E-state index in [4.69, 9.17) is 0 Å². The zero-order valence-corrected chi connectivity index (χ0v) is 18.7. The maximum absolute atomic E-state index is 13.3. The molecule has 1 atom stereocenters. The lowest BCUT2D eigenvalue weighted by Gasteiger charge is -2.32. The standard InChI is InChI=1S/C23H32N6O/c1-15-12-16(2)19-17(13-15)14-18(22(30)24-19)20(28-10-8-6-7-9-11-28)21-25-26-27-29(21)23(3,4)5/h12-14,20H,6-11H2,1-5H3,(H,24,30)/t20-/m0/s1. The van der Waals surface area contributed by atoms with Crippen LogP contribution in [0.5, 0.6) is 0 Å². The molecule has 0 bridgehead atoms. The molecule has 0 aliphatic carbocycles. The second kappa shape index (κ2) is 7.95. The largest absolute Gasteiger partial charge is 0.321 e. The molecule has 3 heterocycles. The van der Waals surface area contributed by atoms with E-state index in [2.05, 4.69) is 65.2 Å². The van der Waals surface area contributed by atoms with Crippen molar-refractivity contribution in [1.82, 2.24) is 30.1 Å². The van der Waals surface area contributed by atoms with Crippen LogP contribution in [0.4, 0.5) is 0 Å². The van der Waals surface area contributed by atoms with E-state index in [-0.39, 0.29) is 17.1 Å². The first-order valence-electron chi connectivity index (χ1n) is 10.9. The number of likely N-dealkylation sites (tertiary alicyclic amines) is 1. The molecule has 0 spiro atoms. The van der Waals surface area contributed by atoms with Gasteiger partial charge in [-0.25, -0.2) is 4.68 Å². The molecule has 7 nitrogen and oxygen atoms in total. The molecule has 1 aromatic carbocycles. The molecule has 0 radical (unpaired) electrons. The van der Waals surface area contributed by atoms with Crippen molar-refractivity contribution < 1.29 is 0 Å². The Morgan fingerprint density at radius 1 is 1.03 bits per heavy atom. The minimum Gasteiger partial charge on any atom is -0.321 e. The summed E-state index contributed by atoms with van der Waals surface area (Å²) >= 11 is 0. The Morgan fingerprint density at radius 3 is 2.40 bits per heavy atom. The van der Waals surface area contributed by atoms with Crippen LogP contribution in [0.15, 0.2) is 23.0 Å². The van der Waals surface area contributed by atoms with Crippen LogP contribution in [-0.2, 0) is 5.54 Å². The Balaban J connectivity index is 1.93. The molecule has 1 aliphatic rings. The van der Waals surface area contributed by atoms with Crippen LogP contribution in [0.25, 0.3) is 10.9 Å². The van der Waals surface area contributed by atoms with Gasteiger partial charge in [0.2, 0.25) is 0 Å². The molecule has 0 unspecified atom stereocenters. The van der Waals surface area contributed by atoms with Crippen LogP contribution in [0.1, 0.15) is 75.0 Å². The maximum atomic E-state index is 13.3. The predicted molar refractivity (Wildman–Crippen MR) is 119 cm³/mol. The third-order valence-electron chi connectivity index (χ3n) is 6.00. The second-order valence-electron chi connectivity index (χ2n) is 9.57. The average molecular weight is 409 g/mol. The van der Waals surface area contributed by atoms with Crippen molar-refractivity contribution >= 4 is 10.9 Å². The lowest BCUT2D eigenvalue weighted by atomic mass is 9.99. The number of H-pyrrole nitrogens is 1. The number of hydrogen-bond acceptors (Lipinski definition) is 5. The predicted octanol–water partition coefficient (Wildman–Crippen LogP) is 3.85. The summed E-state index contributed by atoms with van der Waals surface area (Å²) in [4.78, 5) is 18.9. The second-order valence-corrected chi connectivity index (χ2v) is 9.57. The lowest BCUT2D eigenvalue weighted by molar-refractivity contribution is 0.208. The Kier molecular flexibility index (Phi) is 5.49. The molecule has 3 aromatic rings. The first-order chi connectivity index (χ1) is 14.3. The fraction of sp³-hybridized carbons (Fsp3) is 0.565. The van der Waals surface area contributed by atoms with Gasteiger partial charge < -0.3 is 4.98 Å². The number of nitrogens with zero attached hydrogens (tertiary/aromatic N) is 5. The first kappa shape index (κ1) is 20.7. The summed E-state index contributed by atoms with van der Waals surface area (Å²) in [5, 5.41) is 13.8. The van der Waals surface area contributed by atoms with Crippen molar-refractivity contribution in [1.29, 1.82) is 0 Å². The quantitative estimate of drug-likeness (QED) is 0.712.